The predicted molar refractivity (Wildman–Crippen MR) is 82.3 cm³/mol. The molecule has 0 spiro atoms. The first-order valence-corrected chi connectivity index (χ1v) is 7.58. The maximum atomic E-state index is 12.0. The van der Waals surface area contributed by atoms with Crippen molar-refractivity contribution < 1.29 is 13.9 Å². The third kappa shape index (κ3) is 3.54. The van der Waals surface area contributed by atoms with Crippen molar-refractivity contribution in [2.45, 2.75) is 19.8 Å². The molecule has 2 aromatic rings. The molecule has 5 nitrogen and oxygen atoms in total. The fourth-order valence-corrected chi connectivity index (χ4v) is 2.51. The zero-order valence-corrected chi connectivity index (χ0v) is 12.7. The summed E-state index contributed by atoms with van der Waals surface area (Å²) in [5, 5.41) is 2.95. The number of aryl methyl sites for hydroxylation is 1. The van der Waals surface area contributed by atoms with Crippen molar-refractivity contribution in [3.63, 3.8) is 0 Å². The summed E-state index contributed by atoms with van der Waals surface area (Å²) in [5.41, 5.74) is 1.61. The molecule has 1 aliphatic heterocycles. The Balaban J connectivity index is 1.60. The van der Waals surface area contributed by atoms with Crippen LogP contribution in [0.25, 0.3) is 11.5 Å². The fraction of sp³-hybridized carbons (Fsp3) is 0.412. The number of carbonyl (C=O) groups is 1. The van der Waals surface area contributed by atoms with Gasteiger partial charge in [0.25, 0.3) is 0 Å². The number of nitrogens with zero attached hydrogens (tertiary/aromatic N) is 1. The number of oxazole rings is 1. The van der Waals surface area contributed by atoms with E-state index in [1.54, 1.807) is 0 Å². The Labute approximate surface area is 129 Å². The minimum Gasteiger partial charge on any atom is -0.441 e. The Bertz CT molecular complexity index is 631. The van der Waals surface area contributed by atoms with E-state index in [2.05, 4.69) is 10.3 Å². The highest BCUT2D eigenvalue weighted by molar-refractivity contribution is 5.78. The first-order chi connectivity index (χ1) is 10.7. The molecule has 1 aromatic heterocycles. The average molecular weight is 300 g/mol. The van der Waals surface area contributed by atoms with Crippen LogP contribution in [-0.4, -0.2) is 30.6 Å². The van der Waals surface area contributed by atoms with Gasteiger partial charge in [-0.2, -0.15) is 0 Å². The lowest BCUT2D eigenvalue weighted by Gasteiger charge is -2.08. The van der Waals surface area contributed by atoms with E-state index in [1.807, 2.05) is 37.3 Å². The van der Waals surface area contributed by atoms with Gasteiger partial charge in [0, 0.05) is 24.6 Å². The summed E-state index contributed by atoms with van der Waals surface area (Å²) in [6, 6.07) is 9.70. The summed E-state index contributed by atoms with van der Waals surface area (Å²) >= 11 is 0. The molecule has 1 aliphatic rings. The summed E-state index contributed by atoms with van der Waals surface area (Å²) < 4.78 is 11.0. The minimum absolute atomic E-state index is 0.0251. The van der Waals surface area contributed by atoms with Crippen LogP contribution in [0.15, 0.2) is 34.7 Å². The Morgan fingerprint density at radius 1 is 1.36 bits per heavy atom. The SMILES string of the molecule is Cc1oc(-c2ccccc2)nc1CC(=O)NCC1CCOC1. The first-order valence-electron chi connectivity index (χ1n) is 7.58. The summed E-state index contributed by atoms with van der Waals surface area (Å²) in [5.74, 6) is 1.66. The summed E-state index contributed by atoms with van der Waals surface area (Å²) in [4.78, 5) is 16.5. The van der Waals surface area contributed by atoms with Gasteiger partial charge in [0.1, 0.15) is 5.76 Å². The molecule has 0 saturated carbocycles. The predicted octanol–water partition coefficient (Wildman–Crippen LogP) is 2.35. The van der Waals surface area contributed by atoms with E-state index in [0.717, 1.165) is 25.2 Å². The van der Waals surface area contributed by atoms with E-state index >= 15 is 0 Å². The van der Waals surface area contributed by atoms with Crippen molar-refractivity contribution in [2.75, 3.05) is 19.8 Å². The highest BCUT2D eigenvalue weighted by Crippen LogP contribution is 2.21. The number of nitrogens with one attached hydrogen (secondary N) is 1. The number of amides is 1. The molecule has 1 N–H and O–H groups in total. The molecule has 1 aromatic carbocycles. The number of rotatable bonds is 5. The van der Waals surface area contributed by atoms with Crippen molar-refractivity contribution in [1.82, 2.24) is 10.3 Å². The summed E-state index contributed by atoms with van der Waals surface area (Å²) in [6.07, 6.45) is 1.26. The molecular weight excluding hydrogens is 280 g/mol. The number of carbonyl (C=O) groups excluding carboxylic acids is 1. The summed E-state index contributed by atoms with van der Waals surface area (Å²) in [7, 11) is 0. The van der Waals surface area contributed by atoms with Crippen LogP contribution in [0, 0.1) is 12.8 Å². The smallest absolute Gasteiger partial charge is 0.226 e. The lowest BCUT2D eigenvalue weighted by molar-refractivity contribution is -0.120. The molecule has 0 bridgehead atoms. The molecule has 3 rings (SSSR count). The maximum Gasteiger partial charge on any atom is 0.226 e. The number of benzene rings is 1. The van der Waals surface area contributed by atoms with Crippen LogP contribution >= 0.6 is 0 Å². The van der Waals surface area contributed by atoms with Gasteiger partial charge < -0.3 is 14.5 Å². The highest BCUT2D eigenvalue weighted by Gasteiger charge is 2.18. The summed E-state index contributed by atoms with van der Waals surface area (Å²) in [6.45, 7) is 4.04. The molecule has 22 heavy (non-hydrogen) atoms. The maximum absolute atomic E-state index is 12.0. The van der Waals surface area contributed by atoms with Crippen molar-refractivity contribution >= 4 is 5.91 Å². The molecule has 1 atom stereocenters. The zero-order chi connectivity index (χ0) is 15.4. The van der Waals surface area contributed by atoms with Gasteiger partial charge in [-0.1, -0.05) is 18.2 Å². The Hall–Kier alpha value is -2.14. The van der Waals surface area contributed by atoms with E-state index in [1.165, 1.54) is 0 Å². The molecule has 1 amide bonds. The van der Waals surface area contributed by atoms with Crippen LogP contribution in [0.4, 0.5) is 0 Å². The molecule has 0 aliphatic carbocycles. The second-order valence-electron chi connectivity index (χ2n) is 5.60. The molecule has 5 heteroatoms. The molecule has 1 fully saturated rings. The second kappa shape index (κ2) is 6.75. The van der Waals surface area contributed by atoms with Crippen molar-refractivity contribution in [3.05, 3.63) is 41.8 Å². The Kier molecular flexibility index (Phi) is 4.53. The number of hydrogen-bond acceptors (Lipinski definition) is 4. The van der Waals surface area contributed by atoms with Gasteiger partial charge >= 0.3 is 0 Å². The van der Waals surface area contributed by atoms with Crippen LogP contribution < -0.4 is 5.32 Å². The molecular formula is C17H20N2O3. The van der Waals surface area contributed by atoms with E-state index in [4.69, 9.17) is 9.15 Å². The van der Waals surface area contributed by atoms with Gasteiger partial charge in [-0.05, 0) is 25.5 Å². The third-order valence-corrected chi connectivity index (χ3v) is 3.85. The molecule has 1 unspecified atom stereocenters. The molecule has 2 heterocycles. The third-order valence-electron chi connectivity index (χ3n) is 3.85. The number of aromatic nitrogens is 1. The largest absolute Gasteiger partial charge is 0.441 e. The van der Waals surface area contributed by atoms with Crippen molar-refractivity contribution in [3.8, 4) is 11.5 Å². The number of hydrogen-bond donors (Lipinski definition) is 1. The van der Waals surface area contributed by atoms with Crippen molar-refractivity contribution in [2.24, 2.45) is 5.92 Å². The van der Waals surface area contributed by atoms with Gasteiger partial charge in [-0.3, -0.25) is 4.79 Å². The van der Waals surface area contributed by atoms with Crippen LogP contribution in [-0.2, 0) is 16.0 Å². The zero-order valence-electron chi connectivity index (χ0n) is 12.7. The average Bonchev–Trinajstić information content (AvgIpc) is 3.17. The van der Waals surface area contributed by atoms with Gasteiger partial charge in [-0.15, -0.1) is 0 Å². The van der Waals surface area contributed by atoms with E-state index in [0.29, 0.717) is 29.8 Å². The van der Waals surface area contributed by atoms with Gasteiger partial charge in [0.2, 0.25) is 11.8 Å². The molecule has 1 saturated heterocycles. The first kappa shape index (κ1) is 14.8. The normalized spacial score (nSPS) is 17.6. The van der Waals surface area contributed by atoms with Gasteiger partial charge in [-0.25, -0.2) is 4.98 Å². The fourth-order valence-electron chi connectivity index (χ4n) is 2.51. The van der Waals surface area contributed by atoms with Crippen LogP contribution in [0.3, 0.4) is 0 Å². The lowest BCUT2D eigenvalue weighted by Crippen LogP contribution is -2.30. The van der Waals surface area contributed by atoms with Crippen LogP contribution in [0.2, 0.25) is 0 Å². The van der Waals surface area contributed by atoms with Crippen molar-refractivity contribution in [1.29, 1.82) is 0 Å². The molecule has 116 valence electrons. The van der Waals surface area contributed by atoms with Gasteiger partial charge in [0.05, 0.1) is 18.7 Å². The van der Waals surface area contributed by atoms with E-state index in [9.17, 15) is 4.79 Å². The Morgan fingerprint density at radius 3 is 2.91 bits per heavy atom. The molecule has 0 radical (unpaired) electrons. The number of ether oxygens (including phenoxy) is 1. The topological polar surface area (TPSA) is 64.4 Å². The van der Waals surface area contributed by atoms with E-state index < -0.39 is 0 Å². The van der Waals surface area contributed by atoms with Crippen LogP contribution in [0.5, 0.6) is 0 Å². The lowest BCUT2D eigenvalue weighted by atomic mass is 10.1. The minimum atomic E-state index is -0.0251. The van der Waals surface area contributed by atoms with E-state index in [-0.39, 0.29) is 12.3 Å². The standard InChI is InChI=1S/C17H20N2O3/c1-12-15(9-16(20)18-10-13-7-8-21-11-13)19-17(22-12)14-5-3-2-4-6-14/h2-6,13H,7-11H2,1H3,(H,18,20). The monoisotopic (exact) mass is 300 g/mol. The highest BCUT2D eigenvalue weighted by atomic mass is 16.5. The van der Waals surface area contributed by atoms with Gasteiger partial charge in [0.15, 0.2) is 0 Å². The Morgan fingerprint density at radius 2 is 2.18 bits per heavy atom. The second-order valence-corrected chi connectivity index (χ2v) is 5.60. The van der Waals surface area contributed by atoms with Crippen LogP contribution in [0.1, 0.15) is 17.9 Å². The quantitative estimate of drug-likeness (QED) is 0.920.